The van der Waals surface area contributed by atoms with Crippen LogP contribution in [0.15, 0.2) is 17.9 Å². The lowest BCUT2D eigenvalue weighted by Gasteiger charge is -2.31. The highest BCUT2D eigenvalue weighted by molar-refractivity contribution is 6.33. The third kappa shape index (κ3) is 1.62. The largest absolute Gasteiger partial charge is 0.505 e. The molecular weight excluding hydrogens is 250 g/mol. The monoisotopic (exact) mass is 259 g/mol. The Balaban J connectivity index is 2.78. The van der Waals surface area contributed by atoms with Gasteiger partial charge in [-0.1, -0.05) is 17.7 Å². The van der Waals surface area contributed by atoms with Crippen LogP contribution in [0.5, 0.6) is 0 Å². The Hall–Kier alpha value is -1.47. The minimum absolute atomic E-state index is 0.0384. The van der Waals surface area contributed by atoms with Gasteiger partial charge in [0.1, 0.15) is 0 Å². The number of halogens is 1. The van der Waals surface area contributed by atoms with Crippen molar-refractivity contribution < 1.29 is 25.6 Å². The fourth-order valence-electron chi connectivity index (χ4n) is 1.71. The molecule has 0 saturated carbocycles. The average Bonchev–Trinajstić information content (AvgIpc) is 2.33. The second kappa shape index (κ2) is 4.08. The summed E-state index contributed by atoms with van der Waals surface area (Å²) in [4.78, 5) is 0. The first-order chi connectivity index (χ1) is 7.99. The van der Waals surface area contributed by atoms with Crippen molar-refractivity contribution >= 4 is 23.0 Å². The summed E-state index contributed by atoms with van der Waals surface area (Å²) < 4.78 is 0. The molecule has 1 aliphatic rings. The summed E-state index contributed by atoms with van der Waals surface area (Å²) >= 11 is 5.84. The minimum atomic E-state index is -1.80. The molecule has 1 aromatic carbocycles. The summed E-state index contributed by atoms with van der Waals surface area (Å²) in [5.41, 5.74) is 0.177. The average molecular weight is 260 g/mol. The summed E-state index contributed by atoms with van der Waals surface area (Å²) in [6, 6.07) is 2.84. The molecule has 5 N–H and O–H groups in total. The Bertz CT molecular complexity index is 502. The van der Waals surface area contributed by atoms with Gasteiger partial charge in [0, 0.05) is 5.56 Å². The third-order valence-electron chi connectivity index (χ3n) is 2.57. The summed E-state index contributed by atoms with van der Waals surface area (Å²) in [6.07, 6.45) is -1.80. The number of hydrogen-bond donors (Lipinski definition) is 5. The second-order valence-corrected chi connectivity index (χ2v) is 3.95. The molecule has 0 saturated heterocycles. The molecule has 0 radical (unpaired) electrons. The minimum Gasteiger partial charge on any atom is -0.505 e. The molecule has 6 nitrogen and oxygen atoms in total. The molecule has 0 bridgehead atoms. The quantitative estimate of drug-likeness (QED) is 0.518. The zero-order chi connectivity index (χ0) is 12.7. The highest BCUT2D eigenvalue weighted by atomic mass is 35.5. The number of hydroxylamine groups is 1. The fourth-order valence-corrected chi connectivity index (χ4v) is 1.95. The topological polar surface area (TPSA) is 104 Å². The maximum atomic E-state index is 9.68. The molecular formula is C10H10ClNO5. The van der Waals surface area contributed by atoms with E-state index >= 15 is 0 Å². The Morgan fingerprint density at radius 2 is 1.94 bits per heavy atom. The Kier molecular flexibility index (Phi) is 2.88. The lowest BCUT2D eigenvalue weighted by molar-refractivity contribution is 0.0557. The normalized spacial score (nSPS) is 19.5. The van der Waals surface area contributed by atoms with E-state index in [0.29, 0.717) is 5.06 Å². The second-order valence-electron chi connectivity index (χ2n) is 3.54. The van der Waals surface area contributed by atoms with E-state index in [1.165, 1.54) is 12.1 Å². The van der Waals surface area contributed by atoms with Crippen molar-refractivity contribution in [1.29, 1.82) is 0 Å². The van der Waals surface area contributed by atoms with E-state index in [4.69, 9.17) is 16.7 Å². The molecule has 1 aromatic rings. The first-order valence-corrected chi connectivity index (χ1v) is 5.07. The van der Waals surface area contributed by atoms with Crippen LogP contribution in [0.4, 0.5) is 5.69 Å². The summed E-state index contributed by atoms with van der Waals surface area (Å²) in [5, 5.41) is 47.7. The van der Waals surface area contributed by atoms with Gasteiger partial charge in [-0.15, -0.1) is 0 Å². The number of nitrogens with zero attached hydrogens (tertiary/aromatic N) is 1. The SMILES string of the molecule is OCc1ccc(Cl)c2c1N(O)C(O)C(O)=C2O. The molecule has 7 heteroatoms. The van der Waals surface area contributed by atoms with Gasteiger partial charge in [-0.3, -0.25) is 5.21 Å². The zero-order valence-electron chi connectivity index (χ0n) is 8.50. The molecule has 1 aliphatic heterocycles. The summed E-state index contributed by atoms with van der Waals surface area (Å²) in [7, 11) is 0. The number of fused-ring (bicyclic) bond motifs is 1. The molecule has 0 fully saturated rings. The smallest absolute Gasteiger partial charge is 0.213 e. The van der Waals surface area contributed by atoms with Crippen LogP contribution in [-0.4, -0.2) is 31.9 Å². The van der Waals surface area contributed by atoms with E-state index < -0.39 is 24.4 Å². The molecule has 1 heterocycles. The van der Waals surface area contributed by atoms with Crippen LogP contribution in [0.2, 0.25) is 5.02 Å². The van der Waals surface area contributed by atoms with E-state index in [0.717, 1.165) is 0 Å². The maximum Gasteiger partial charge on any atom is 0.213 e. The van der Waals surface area contributed by atoms with Gasteiger partial charge in [0.15, 0.2) is 11.5 Å². The van der Waals surface area contributed by atoms with Crippen LogP contribution in [0.1, 0.15) is 11.1 Å². The highest BCUT2D eigenvalue weighted by Gasteiger charge is 2.34. The zero-order valence-corrected chi connectivity index (χ0v) is 9.26. The lowest BCUT2D eigenvalue weighted by Crippen LogP contribution is -2.38. The van der Waals surface area contributed by atoms with Crippen molar-refractivity contribution in [3.8, 4) is 0 Å². The molecule has 1 unspecified atom stereocenters. The molecule has 92 valence electrons. The predicted molar refractivity (Wildman–Crippen MR) is 59.8 cm³/mol. The van der Waals surface area contributed by atoms with Crippen LogP contribution >= 0.6 is 11.6 Å². The van der Waals surface area contributed by atoms with Gasteiger partial charge in [-0.25, -0.2) is 5.06 Å². The van der Waals surface area contributed by atoms with Gasteiger partial charge >= 0.3 is 0 Å². The molecule has 0 aliphatic carbocycles. The molecule has 0 amide bonds. The molecule has 17 heavy (non-hydrogen) atoms. The van der Waals surface area contributed by atoms with Gasteiger partial charge < -0.3 is 20.4 Å². The van der Waals surface area contributed by atoms with Gasteiger partial charge in [-0.2, -0.15) is 0 Å². The fraction of sp³-hybridized carbons (Fsp3) is 0.200. The Morgan fingerprint density at radius 1 is 1.29 bits per heavy atom. The van der Waals surface area contributed by atoms with Gasteiger partial charge in [0.05, 0.1) is 22.9 Å². The van der Waals surface area contributed by atoms with Gasteiger partial charge in [0.2, 0.25) is 6.23 Å². The van der Waals surface area contributed by atoms with E-state index in [1.807, 2.05) is 0 Å². The first kappa shape index (κ1) is 12.0. The summed E-state index contributed by atoms with van der Waals surface area (Å²) in [6.45, 7) is -0.419. The van der Waals surface area contributed by atoms with E-state index in [2.05, 4.69) is 0 Å². The van der Waals surface area contributed by atoms with Crippen molar-refractivity contribution in [3.05, 3.63) is 34.0 Å². The van der Waals surface area contributed by atoms with Crippen molar-refractivity contribution in [2.24, 2.45) is 0 Å². The van der Waals surface area contributed by atoms with Crippen molar-refractivity contribution in [3.63, 3.8) is 0 Å². The number of aliphatic hydroxyl groups excluding tert-OH is 4. The lowest BCUT2D eigenvalue weighted by atomic mass is 10.0. The third-order valence-corrected chi connectivity index (χ3v) is 2.88. The standard InChI is InChI=1S/C10H10ClNO5/c11-5-2-1-4(3-13)7-6(5)8(14)9(15)10(16)12(7)17/h1-2,10,13-17H,3H2. The van der Waals surface area contributed by atoms with Crippen LogP contribution in [0.25, 0.3) is 5.76 Å². The maximum absolute atomic E-state index is 9.68. The van der Waals surface area contributed by atoms with Crippen LogP contribution in [-0.2, 0) is 6.61 Å². The number of anilines is 1. The van der Waals surface area contributed by atoms with E-state index in [1.54, 1.807) is 0 Å². The predicted octanol–water partition coefficient (Wildman–Crippen LogP) is 1.14. The number of aliphatic hydroxyl groups is 4. The molecule has 2 rings (SSSR count). The van der Waals surface area contributed by atoms with E-state index in [9.17, 15) is 20.5 Å². The van der Waals surface area contributed by atoms with Crippen LogP contribution < -0.4 is 5.06 Å². The van der Waals surface area contributed by atoms with Crippen molar-refractivity contribution in [1.82, 2.24) is 0 Å². The van der Waals surface area contributed by atoms with Gasteiger partial charge in [0.25, 0.3) is 0 Å². The van der Waals surface area contributed by atoms with Crippen LogP contribution in [0.3, 0.4) is 0 Å². The number of benzene rings is 1. The highest BCUT2D eigenvalue weighted by Crippen LogP contribution is 2.40. The molecule has 1 atom stereocenters. The number of hydrogen-bond acceptors (Lipinski definition) is 6. The summed E-state index contributed by atoms with van der Waals surface area (Å²) in [5.74, 6) is -1.44. The Morgan fingerprint density at radius 3 is 2.53 bits per heavy atom. The molecule has 0 spiro atoms. The molecule has 0 aromatic heterocycles. The van der Waals surface area contributed by atoms with Gasteiger partial charge in [-0.05, 0) is 6.07 Å². The Labute approximate surface area is 101 Å². The number of rotatable bonds is 1. The first-order valence-electron chi connectivity index (χ1n) is 4.70. The van der Waals surface area contributed by atoms with E-state index in [-0.39, 0.29) is 21.8 Å². The van der Waals surface area contributed by atoms with Crippen LogP contribution in [0, 0.1) is 0 Å². The van der Waals surface area contributed by atoms with Crippen molar-refractivity contribution in [2.75, 3.05) is 5.06 Å². The van der Waals surface area contributed by atoms with Crippen molar-refractivity contribution in [2.45, 2.75) is 12.8 Å².